The van der Waals surface area contributed by atoms with E-state index in [-0.39, 0.29) is 11.8 Å². The molecule has 2 aliphatic heterocycles. The lowest BCUT2D eigenvalue weighted by Crippen LogP contribution is -2.55. The fourth-order valence-electron chi connectivity index (χ4n) is 5.63. The van der Waals surface area contributed by atoms with Crippen molar-refractivity contribution in [2.45, 2.75) is 83.8 Å². The molecule has 0 aromatic rings. The zero-order valence-electron chi connectivity index (χ0n) is 19.1. The highest BCUT2D eigenvalue weighted by molar-refractivity contribution is 5.82. The second-order valence-electron chi connectivity index (χ2n) is 9.40. The predicted molar refractivity (Wildman–Crippen MR) is 124 cm³/mol. The molecule has 1 amide bonds. The zero-order chi connectivity index (χ0) is 21.1. The Bertz CT molecular complexity index is 762. The molecule has 0 spiro atoms. The van der Waals surface area contributed by atoms with Crippen molar-refractivity contribution in [2.75, 3.05) is 19.6 Å². The molecule has 4 heteroatoms. The molecule has 4 atom stereocenters. The summed E-state index contributed by atoms with van der Waals surface area (Å²) in [5.41, 5.74) is 4.23. The van der Waals surface area contributed by atoms with Crippen molar-refractivity contribution in [1.82, 2.24) is 15.1 Å². The summed E-state index contributed by atoms with van der Waals surface area (Å²) in [5.74, 6) is 0.229. The number of nitrogens with one attached hydrogen (secondary N) is 1. The summed E-state index contributed by atoms with van der Waals surface area (Å²) in [4.78, 5) is 18.2. The Hall–Kier alpha value is -1.81. The van der Waals surface area contributed by atoms with E-state index < -0.39 is 0 Å². The van der Waals surface area contributed by atoms with E-state index in [2.05, 4.69) is 66.3 Å². The van der Waals surface area contributed by atoms with Crippen LogP contribution in [0.2, 0.25) is 0 Å². The van der Waals surface area contributed by atoms with Crippen LogP contribution in [0.3, 0.4) is 0 Å². The van der Waals surface area contributed by atoms with Gasteiger partial charge in [-0.2, -0.15) is 0 Å². The van der Waals surface area contributed by atoms with E-state index in [9.17, 15) is 4.79 Å². The largest absolute Gasteiger partial charge is 0.369 e. The highest BCUT2D eigenvalue weighted by Crippen LogP contribution is 2.35. The van der Waals surface area contributed by atoms with Gasteiger partial charge in [-0.05, 0) is 70.4 Å². The van der Waals surface area contributed by atoms with Gasteiger partial charge in [0.25, 0.3) is 0 Å². The van der Waals surface area contributed by atoms with Crippen molar-refractivity contribution in [2.24, 2.45) is 5.92 Å². The number of amides is 1. The van der Waals surface area contributed by atoms with Crippen molar-refractivity contribution in [1.29, 1.82) is 0 Å². The summed E-state index contributed by atoms with van der Waals surface area (Å²) in [5, 5.41) is 3.38. The minimum absolute atomic E-state index is 0.000609. The molecule has 0 bridgehead atoms. The lowest BCUT2D eigenvalue weighted by atomic mass is 9.87. The summed E-state index contributed by atoms with van der Waals surface area (Å²) in [6.45, 7) is 9.76. The molecule has 1 saturated carbocycles. The summed E-state index contributed by atoms with van der Waals surface area (Å²) < 4.78 is 0. The highest BCUT2D eigenvalue weighted by atomic mass is 16.2. The third-order valence-electron chi connectivity index (χ3n) is 7.50. The number of rotatable bonds is 6. The molecular formula is C26H39N3O. The van der Waals surface area contributed by atoms with Crippen LogP contribution >= 0.6 is 0 Å². The quantitative estimate of drug-likeness (QED) is 0.698. The van der Waals surface area contributed by atoms with Crippen molar-refractivity contribution in [3.63, 3.8) is 0 Å². The first kappa shape index (κ1) is 21.4. The monoisotopic (exact) mass is 409 g/mol. The van der Waals surface area contributed by atoms with Crippen LogP contribution < -0.4 is 5.32 Å². The topological polar surface area (TPSA) is 35.6 Å². The Kier molecular flexibility index (Phi) is 6.82. The first-order valence-corrected chi connectivity index (χ1v) is 12.1. The Morgan fingerprint density at radius 1 is 1.33 bits per heavy atom. The molecule has 0 aromatic carbocycles. The van der Waals surface area contributed by atoms with Gasteiger partial charge >= 0.3 is 0 Å². The van der Waals surface area contributed by atoms with Crippen molar-refractivity contribution in [3.8, 4) is 0 Å². The number of allylic oxidation sites excluding steroid dienone is 7. The van der Waals surface area contributed by atoms with Crippen LogP contribution in [0, 0.1) is 5.92 Å². The van der Waals surface area contributed by atoms with E-state index in [0.717, 1.165) is 45.3 Å². The average Bonchev–Trinajstić information content (AvgIpc) is 3.55. The minimum Gasteiger partial charge on any atom is -0.369 e. The van der Waals surface area contributed by atoms with E-state index in [1.54, 1.807) is 0 Å². The van der Waals surface area contributed by atoms with Crippen LogP contribution in [-0.2, 0) is 4.79 Å². The molecule has 4 rings (SSSR count). The molecule has 3 fully saturated rings. The average molecular weight is 410 g/mol. The van der Waals surface area contributed by atoms with E-state index in [4.69, 9.17) is 0 Å². The Morgan fingerprint density at radius 2 is 2.20 bits per heavy atom. The van der Waals surface area contributed by atoms with Crippen molar-refractivity contribution >= 4 is 5.91 Å². The van der Waals surface area contributed by atoms with Gasteiger partial charge in [-0.1, -0.05) is 36.8 Å². The summed E-state index contributed by atoms with van der Waals surface area (Å²) in [6, 6.07) is 1.53. The number of piperazine rings is 1. The van der Waals surface area contributed by atoms with Gasteiger partial charge in [0.1, 0.15) is 0 Å². The van der Waals surface area contributed by atoms with Gasteiger partial charge in [0.2, 0.25) is 5.91 Å². The number of carbonyl (C=O) groups is 1. The molecule has 0 radical (unpaired) electrons. The fourth-order valence-corrected chi connectivity index (χ4v) is 5.63. The fraction of sp³-hybridized carbons (Fsp3) is 0.654. The second-order valence-corrected chi connectivity index (χ2v) is 9.40. The Morgan fingerprint density at radius 3 is 3.00 bits per heavy atom. The van der Waals surface area contributed by atoms with Crippen molar-refractivity contribution < 1.29 is 4.79 Å². The zero-order valence-corrected chi connectivity index (χ0v) is 19.1. The highest BCUT2D eigenvalue weighted by Gasteiger charge is 2.46. The molecule has 164 valence electrons. The SMILES string of the molecule is C/C=C\C=C1/CCCC2CN([C@@H]3CC3NC(=O)C(C)C3=C(CC)C=CCC3)CCN12. The van der Waals surface area contributed by atoms with Crippen LogP contribution in [0.4, 0.5) is 0 Å². The molecule has 2 heterocycles. The Labute approximate surface area is 182 Å². The van der Waals surface area contributed by atoms with E-state index >= 15 is 0 Å². The minimum atomic E-state index is 0.000609. The smallest absolute Gasteiger partial charge is 0.227 e. The number of hydrogen-bond acceptors (Lipinski definition) is 3. The first-order valence-electron chi connectivity index (χ1n) is 12.1. The lowest BCUT2D eigenvalue weighted by Gasteiger charge is -2.47. The summed E-state index contributed by atoms with van der Waals surface area (Å²) >= 11 is 0. The van der Waals surface area contributed by atoms with Gasteiger partial charge in [-0.3, -0.25) is 9.69 Å². The van der Waals surface area contributed by atoms with Gasteiger partial charge in [-0.25, -0.2) is 0 Å². The molecule has 30 heavy (non-hydrogen) atoms. The summed E-state index contributed by atoms with van der Waals surface area (Å²) in [7, 11) is 0. The number of fused-ring (bicyclic) bond motifs is 1. The number of piperidine rings is 1. The molecule has 1 N–H and O–H groups in total. The van der Waals surface area contributed by atoms with Gasteiger partial charge in [0.15, 0.2) is 0 Å². The van der Waals surface area contributed by atoms with E-state index in [1.807, 2.05) is 0 Å². The van der Waals surface area contributed by atoms with Crippen LogP contribution in [0.1, 0.15) is 65.7 Å². The lowest BCUT2D eigenvalue weighted by molar-refractivity contribution is -0.123. The molecule has 3 unspecified atom stereocenters. The normalized spacial score (nSPS) is 31.9. The van der Waals surface area contributed by atoms with Gasteiger partial charge < -0.3 is 10.2 Å². The first-order chi connectivity index (χ1) is 14.6. The molecule has 0 aromatic heterocycles. The second kappa shape index (κ2) is 9.55. The maximum absolute atomic E-state index is 12.9. The van der Waals surface area contributed by atoms with Crippen LogP contribution in [0.25, 0.3) is 0 Å². The van der Waals surface area contributed by atoms with Crippen LogP contribution in [0.5, 0.6) is 0 Å². The Balaban J connectivity index is 1.31. The van der Waals surface area contributed by atoms with Gasteiger partial charge in [0.05, 0.1) is 5.92 Å². The molecular weight excluding hydrogens is 370 g/mol. The maximum Gasteiger partial charge on any atom is 0.227 e. The van der Waals surface area contributed by atoms with Crippen molar-refractivity contribution in [3.05, 3.63) is 47.2 Å². The molecule has 2 saturated heterocycles. The van der Waals surface area contributed by atoms with E-state index in [0.29, 0.717) is 18.1 Å². The summed E-state index contributed by atoms with van der Waals surface area (Å²) in [6.07, 6.45) is 19.1. The van der Waals surface area contributed by atoms with Crippen LogP contribution in [0.15, 0.2) is 47.2 Å². The van der Waals surface area contributed by atoms with Gasteiger partial charge in [-0.15, -0.1) is 0 Å². The van der Waals surface area contributed by atoms with E-state index in [1.165, 1.54) is 36.1 Å². The van der Waals surface area contributed by atoms with Crippen LogP contribution in [-0.4, -0.2) is 53.5 Å². The molecule has 4 nitrogen and oxygen atoms in total. The standard InChI is InChI=1S/C26H39N3O/c1-4-6-11-21-12-9-13-22-18-28(15-16-29(21)22)25-17-24(25)27-26(30)19(3)23-14-8-7-10-20(23)5-2/h4,6-7,10-11,19,22,24-25H,5,8-9,12-18H2,1-3H3,(H,27,30)/b6-4-,21-11+/t19?,22?,24?,25-/m1/s1. The predicted octanol–water partition coefficient (Wildman–Crippen LogP) is 4.57. The number of carbonyl (C=O) groups excluding carboxylic acids is 1. The number of nitrogens with zero attached hydrogens (tertiary/aromatic N) is 2. The molecule has 4 aliphatic rings. The molecule has 2 aliphatic carbocycles. The maximum atomic E-state index is 12.9. The number of hydrogen-bond donors (Lipinski definition) is 1. The third kappa shape index (κ3) is 4.59. The third-order valence-corrected chi connectivity index (χ3v) is 7.50. The van der Waals surface area contributed by atoms with Gasteiger partial charge in [0, 0.05) is 43.5 Å².